The van der Waals surface area contributed by atoms with E-state index < -0.39 is 17.5 Å². The monoisotopic (exact) mass is 320 g/mol. The molecule has 0 bridgehead atoms. The second-order valence-corrected chi connectivity index (χ2v) is 5.66. The summed E-state index contributed by atoms with van der Waals surface area (Å²) in [5, 5.41) is 11.0. The third-order valence-corrected chi connectivity index (χ3v) is 3.95. The maximum absolute atomic E-state index is 13.1. The van der Waals surface area contributed by atoms with Crippen molar-refractivity contribution in [1.29, 1.82) is 0 Å². The molecule has 0 radical (unpaired) electrons. The van der Waals surface area contributed by atoms with E-state index in [1.54, 1.807) is 0 Å². The van der Waals surface area contributed by atoms with Gasteiger partial charge in [-0.3, -0.25) is 4.79 Å². The van der Waals surface area contributed by atoms with Crippen molar-refractivity contribution in [3.05, 3.63) is 47.0 Å². The zero-order valence-electron chi connectivity index (χ0n) is 12.7. The van der Waals surface area contributed by atoms with E-state index in [0.29, 0.717) is 13.0 Å². The number of aryl methyl sites for hydroxylation is 1. The van der Waals surface area contributed by atoms with Crippen LogP contribution in [0.1, 0.15) is 41.3 Å². The number of hydrogen-bond acceptors (Lipinski definition) is 3. The lowest BCUT2D eigenvalue weighted by Gasteiger charge is -2.08. The van der Waals surface area contributed by atoms with Gasteiger partial charge in [-0.2, -0.15) is 0 Å². The molecule has 7 heteroatoms. The van der Waals surface area contributed by atoms with Gasteiger partial charge in [0.2, 0.25) is 0 Å². The van der Waals surface area contributed by atoms with Crippen LogP contribution in [0.4, 0.5) is 8.78 Å². The van der Waals surface area contributed by atoms with Crippen LogP contribution in [0.2, 0.25) is 0 Å². The second-order valence-electron chi connectivity index (χ2n) is 5.66. The van der Waals surface area contributed by atoms with Crippen LogP contribution in [-0.2, 0) is 19.4 Å². The summed E-state index contributed by atoms with van der Waals surface area (Å²) in [6.45, 7) is 1.25. The molecule has 1 aliphatic heterocycles. The fraction of sp³-hybridized carbons (Fsp3) is 0.438. The first-order valence-electron chi connectivity index (χ1n) is 7.79. The summed E-state index contributed by atoms with van der Waals surface area (Å²) < 4.78 is 28.4. The lowest BCUT2D eigenvalue weighted by Crippen LogP contribution is -2.26. The number of halogens is 2. The Labute approximate surface area is 132 Å². The molecule has 2 heterocycles. The number of nitrogens with zero attached hydrogens (tertiary/aromatic N) is 3. The highest BCUT2D eigenvalue weighted by molar-refractivity contribution is 5.94. The molecule has 0 atom stereocenters. The standard InChI is InChI=1S/C16H18F2N4O/c17-12-8-11(9-13(18)10-12)16(23)19-6-5-15-21-20-14-4-2-1-3-7-22(14)15/h8-10H,1-7H2,(H,19,23). The van der Waals surface area contributed by atoms with Gasteiger partial charge in [-0.15, -0.1) is 10.2 Å². The molecule has 0 saturated heterocycles. The van der Waals surface area contributed by atoms with E-state index in [2.05, 4.69) is 20.1 Å². The Bertz CT molecular complexity index is 694. The Hall–Kier alpha value is -2.31. The topological polar surface area (TPSA) is 59.8 Å². The molecule has 1 amide bonds. The minimum absolute atomic E-state index is 0.0254. The number of carbonyl (C=O) groups excluding carboxylic acids is 1. The lowest BCUT2D eigenvalue weighted by atomic mass is 10.2. The summed E-state index contributed by atoms with van der Waals surface area (Å²) in [4.78, 5) is 11.9. The Kier molecular flexibility index (Phi) is 4.64. The maximum Gasteiger partial charge on any atom is 0.251 e. The summed E-state index contributed by atoms with van der Waals surface area (Å²) in [7, 11) is 0. The number of nitrogens with one attached hydrogen (secondary N) is 1. The van der Waals surface area contributed by atoms with Gasteiger partial charge in [-0.05, 0) is 25.0 Å². The van der Waals surface area contributed by atoms with Gasteiger partial charge in [-0.25, -0.2) is 8.78 Å². The SMILES string of the molecule is O=C(NCCc1nnc2n1CCCCC2)c1cc(F)cc(F)c1. The van der Waals surface area contributed by atoms with Gasteiger partial charge in [0.15, 0.2) is 0 Å². The smallest absolute Gasteiger partial charge is 0.251 e. The van der Waals surface area contributed by atoms with E-state index in [-0.39, 0.29) is 5.56 Å². The Morgan fingerprint density at radius 1 is 1.13 bits per heavy atom. The first kappa shape index (κ1) is 15.6. The number of fused-ring (bicyclic) bond motifs is 1. The van der Waals surface area contributed by atoms with Gasteiger partial charge in [-0.1, -0.05) is 6.42 Å². The van der Waals surface area contributed by atoms with Crippen LogP contribution in [-0.4, -0.2) is 27.2 Å². The van der Waals surface area contributed by atoms with Crippen molar-refractivity contribution in [3.8, 4) is 0 Å². The molecule has 1 N–H and O–H groups in total. The molecule has 0 fully saturated rings. The first-order chi connectivity index (χ1) is 11.1. The average Bonchev–Trinajstić information content (AvgIpc) is 2.74. The largest absolute Gasteiger partial charge is 0.352 e. The van der Waals surface area contributed by atoms with Crippen molar-refractivity contribution in [3.63, 3.8) is 0 Å². The minimum Gasteiger partial charge on any atom is -0.352 e. The summed E-state index contributed by atoms with van der Waals surface area (Å²) in [5.74, 6) is -0.196. The number of benzene rings is 1. The molecule has 1 aromatic carbocycles. The Morgan fingerprint density at radius 3 is 2.70 bits per heavy atom. The predicted octanol–water partition coefficient (Wildman–Crippen LogP) is 2.26. The number of aromatic nitrogens is 3. The normalized spacial score (nSPS) is 14.2. The molecule has 0 aliphatic carbocycles. The van der Waals surface area contributed by atoms with Crippen molar-refractivity contribution < 1.29 is 13.6 Å². The number of carbonyl (C=O) groups is 1. The molecule has 0 saturated carbocycles. The van der Waals surface area contributed by atoms with E-state index in [9.17, 15) is 13.6 Å². The first-order valence-corrected chi connectivity index (χ1v) is 7.79. The van der Waals surface area contributed by atoms with Crippen LogP contribution in [0.25, 0.3) is 0 Å². The van der Waals surface area contributed by atoms with Crippen LogP contribution in [0.15, 0.2) is 18.2 Å². The van der Waals surface area contributed by atoms with Gasteiger partial charge in [0.05, 0.1) is 0 Å². The molecule has 122 valence electrons. The van der Waals surface area contributed by atoms with Crippen LogP contribution >= 0.6 is 0 Å². The molecule has 23 heavy (non-hydrogen) atoms. The molecule has 1 aromatic heterocycles. The van der Waals surface area contributed by atoms with Gasteiger partial charge >= 0.3 is 0 Å². The fourth-order valence-corrected chi connectivity index (χ4v) is 2.81. The van der Waals surface area contributed by atoms with E-state index >= 15 is 0 Å². The highest BCUT2D eigenvalue weighted by atomic mass is 19.1. The molecule has 2 aromatic rings. The van der Waals surface area contributed by atoms with Crippen molar-refractivity contribution in [1.82, 2.24) is 20.1 Å². The lowest BCUT2D eigenvalue weighted by molar-refractivity contribution is 0.0953. The highest BCUT2D eigenvalue weighted by Gasteiger charge is 2.15. The number of amides is 1. The molecule has 5 nitrogen and oxygen atoms in total. The van der Waals surface area contributed by atoms with Crippen molar-refractivity contribution in [2.45, 2.75) is 38.6 Å². The summed E-state index contributed by atoms with van der Waals surface area (Å²) >= 11 is 0. The van der Waals surface area contributed by atoms with Crippen molar-refractivity contribution in [2.24, 2.45) is 0 Å². The van der Waals surface area contributed by atoms with Crippen LogP contribution < -0.4 is 5.32 Å². The quantitative estimate of drug-likeness (QED) is 0.940. The zero-order valence-corrected chi connectivity index (χ0v) is 12.7. The van der Waals surface area contributed by atoms with Gasteiger partial charge in [0, 0.05) is 37.6 Å². The molecular formula is C16H18F2N4O. The number of hydrogen-bond donors (Lipinski definition) is 1. The molecule has 0 spiro atoms. The average molecular weight is 320 g/mol. The zero-order chi connectivity index (χ0) is 16.2. The third kappa shape index (κ3) is 3.72. The minimum atomic E-state index is -0.766. The summed E-state index contributed by atoms with van der Waals surface area (Å²) in [6, 6.07) is 2.77. The van der Waals surface area contributed by atoms with Crippen LogP contribution in [0.3, 0.4) is 0 Å². The third-order valence-electron chi connectivity index (χ3n) is 3.95. The molecular weight excluding hydrogens is 302 g/mol. The van der Waals surface area contributed by atoms with E-state index in [1.165, 1.54) is 6.42 Å². The van der Waals surface area contributed by atoms with Gasteiger partial charge in [0.25, 0.3) is 5.91 Å². The van der Waals surface area contributed by atoms with E-state index in [4.69, 9.17) is 0 Å². The van der Waals surface area contributed by atoms with Crippen molar-refractivity contribution in [2.75, 3.05) is 6.54 Å². The van der Waals surface area contributed by atoms with Crippen molar-refractivity contribution >= 4 is 5.91 Å². The highest BCUT2D eigenvalue weighted by Crippen LogP contribution is 2.14. The summed E-state index contributed by atoms with van der Waals surface area (Å²) in [5.41, 5.74) is -0.0254. The Morgan fingerprint density at radius 2 is 1.91 bits per heavy atom. The maximum atomic E-state index is 13.1. The molecule has 0 unspecified atom stereocenters. The molecule has 1 aliphatic rings. The second kappa shape index (κ2) is 6.85. The summed E-state index contributed by atoms with van der Waals surface area (Å²) in [6.07, 6.45) is 4.89. The number of rotatable bonds is 4. The fourth-order valence-electron chi connectivity index (χ4n) is 2.81. The molecule has 3 rings (SSSR count). The van der Waals surface area contributed by atoms with Gasteiger partial charge < -0.3 is 9.88 Å². The van der Waals surface area contributed by atoms with Crippen LogP contribution in [0, 0.1) is 11.6 Å². The predicted molar refractivity (Wildman–Crippen MR) is 80.0 cm³/mol. The van der Waals surface area contributed by atoms with Crippen LogP contribution in [0.5, 0.6) is 0 Å². The Balaban J connectivity index is 1.59. The van der Waals surface area contributed by atoms with E-state index in [0.717, 1.165) is 55.7 Å². The van der Waals surface area contributed by atoms with Gasteiger partial charge in [0.1, 0.15) is 23.3 Å². The van der Waals surface area contributed by atoms with E-state index in [1.807, 2.05) is 0 Å².